The highest BCUT2D eigenvalue weighted by molar-refractivity contribution is 6.42. The van der Waals surface area contributed by atoms with Crippen molar-refractivity contribution in [2.24, 2.45) is 0 Å². The lowest BCUT2D eigenvalue weighted by atomic mass is 10.2. The third-order valence-corrected chi connectivity index (χ3v) is 3.08. The van der Waals surface area contributed by atoms with E-state index in [9.17, 15) is 0 Å². The molecule has 0 bridgehead atoms. The van der Waals surface area contributed by atoms with Gasteiger partial charge < -0.3 is 15.6 Å². The zero-order valence-electron chi connectivity index (χ0n) is 9.59. The summed E-state index contributed by atoms with van der Waals surface area (Å²) in [4.78, 5) is 0. The molecule has 1 aromatic carbocycles. The molecule has 0 amide bonds. The molecule has 0 aromatic heterocycles. The van der Waals surface area contributed by atoms with E-state index in [1.807, 2.05) is 0 Å². The van der Waals surface area contributed by atoms with Crippen LogP contribution < -0.4 is 10.5 Å². The van der Waals surface area contributed by atoms with Crippen LogP contribution in [0, 0.1) is 0 Å². The summed E-state index contributed by atoms with van der Waals surface area (Å²) in [6, 6.07) is 3.22. The van der Waals surface area contributed by atoms with Gasteiger partial charge in [0.1, 0.15) is 5.75 Å². The van der Waals surface area contributed by atoms with Gasteiger partial charge in [-0.1, -0.05) is 29.6 Å². The van der Waals surface area contributed by atoms with Crippen molar-refractivity contribution in [2.75, 3.05) is 18.9 Å². The van der Waals surface area contributed by atoms with Crippen molar-refractivity contribution in [3.8, 4) is 5.75 Å². The Morgan fingerprint density at radius 2 is 1.71 bits per heavy atom. The lowest BCUT2D eigenvalue weighted by Crippen LogP contribution is -2.00. The Balaban J connectivity index is 2.34. The van der Waals surface area contributed by atoms with Gasteiger partial charge in [-0.15, -0.1) is 0 Å². The number of nitrogens with two attached hydrogens (primary N) is 1. The molecule has 0 heterocycles. The third kappa shape index (κ3) is 5.02. The van der Waals surface area contributed by atoms with Gasteiger partial charge in [-0.25, -0.2) is 0 Å². The number of hydrogen-bond donors (Lipinski definition) is 2. The van der Waals surface area contributed by atoms with Crippen LogP contribution in [-0.2, 0) is 0 Å². The first-order chi connectivity index (χ1) is 8.15. The van der Waals surface area contributed by atoms with Crippen LogP contribution in [0.4, 0.5) is 5.69 Å². The summed E-state index contributed by atoms with van der Waals surface area (Å²) in [7, 11) is 0. The van der Waals surface area contributed by atoms with E-state index in [1.54, 1.807) is 12.1 Å². The third-order valence-electron chi connectivity index (χ3n) is 2.36. The number of aliphatic hydroxyl groups is 1. The summed E-state index contributed by atoms with van der Waals surface area (Å²) < 4.78 is 5.52. The number of halogens is 2. The van der Waals surface area contributed by atoms with Crippen molar-refractivity contribution in [3.05, 3.63) is 22.2 Å². The molecule has 3 N–H and O–H groups in total. The molecule has 0 unspecified atom stereocenters. The Morgan fingerprint density at radius 3 is 2.41 bits per heavy atom. The summed E-state index contributed by atoms with van der Waals surface area (Å²) in [5, 5.41) is 9.49. The fourth-order valence-corrected chi connectivity index (χ4v) is 1.74. The number of ether oxygens (including phenoxy) is 1. The quantitative estimate of drug-likeness (QED) is 0.592. The van der Waals surface area contributed by atoms with Crippen molar-refractivity contribution in [2.45, 2.75) is 25.7 Å². The van der Waals surface area contributed by atoms with Crippen molar-refractivity contribution < 1.29 is 9.84 Å². The molecule has 1 aromatic rings. The first-order valence-corrected chi connectivity index (χ1v) is 6.39. The topological polar surface area (TPSA) is 55.5 Å². The monoisotopic (exact) mass is 277 g/mol. The normalized spacial score (nSPS) is 10.5. The van der Waals surface area contributed by atoms with Crippen molar-refractivity contribution in [1.82, 2.24) is 0 Å². The van der Waals surface area contributed by atoms with Gasteiger partial charge in [0.25, 0.3) is 0 Å². The van der Waals surface area contributed by atoms with Crippen LogP contribution in [0.3, 0.4) is 0 Å². The van der Waals surface area contributed by atoms with Gasteiger partial charge in [-0.05, 0) is 25.3 Å². The maximum atomic E-state index is 8.62. The zero-order valence-corrected chi connectivity index (χ0v) is 11.1. The minimum atomic E-state index is 0.251. The van der Waals surface area contributed by atoms with Gasteiger partial charge in [0.15, 0.2) is 0 Å². The SMILES string of the molecule is Nc1cc(Cl)c(Cl)cc1OCCCCCCO. The Labute approximate surface area is 111 Å². The Morgan fingerprint density at radius 1 is 1.06 bits per heavy atom. The van der Waals surface area contributed by atoms with E-state index in [0.717, 1.165) is 25.7 Å². The smallest absolute Gasteiger partial charge is 0.143 e. The van der Waals surface area contributed by atoms with Crippen LogP contribution in [0.2, 0.25) is 10.0 Å². The molecule has 5 heteroatoms. The van der Waals surface area contributed by atoms with Crippen molar-refractivity contribution in [1.29, 1.82) is 0 Å². The van der Waals surface area contributed by atoms with E-state index in [2.05, 4.69) is 0 Å². The molecule has 0 aliphatic heterocycles. The van der Waals surface area contributed by atoms with Gasteiger partial charge in [-0.3, -0.25) is 0 Å². The Hall–Kier alpha value is -0.640. The summed E-state index contributed by atoms with van der Waals surface area (Å²) in [6.07, 6.45) is 3.81. The highest BCUT2D eigenvalue weighted by Crippen LogP contribution is 2.32. The average Bonchev–Trinajstić information content (AvgIpc) is 2.30. The molecule has 0 saturated heterocycles. The van der Waals surface area contributed by atoms with Crippen LogP contribution >= 0.6 is 23.2 Å². The van der Waals surface area contributed by atoms with Gasteiger partial charge >= 0.3 is 0 Å². The molecular weight excluding hydrogens is 261 g/mol. The first-order valence-electron chi connectivity index (χ1n) is 5.63. The number of benzene rings is 1. The molecule has 1 rings (SSSR count). The highest BCUT2D eigenvalue weighted by Gasteiger charge is 2.05. The van der Waals surface area contributed by atoms with E-state index < -0.39 is 0 Å². The van der Waals surface area contributed by atoms with Crippen LogP contribution in [0.15, 0.2) is 12.1 Å². The van der Waals surface area contributed by atoms with E-state index >= 15 is 0 Å². The number of anilines is 1. The van der Waals surface area contributed by atoms with Gasteiger partial charge in [0.2, 0.25) is 0 Å². The molecule has 17 heavy (non-hydrogen) atoms. The molecule has 0 radical (unpaired) electrons. The van der Waals surface area contributed by atoms with Gasteiger partial charge in [0, 0.05) is 12.7 Å². The molecule has 0 atom stereocenters. The first kappa shape index (κ1) is 14.4. The lowest BCUT2D eigenvalue weighted by Gasteiger charge is -2.10. The number of rotatable bonds is 7. The fourth-order valence-electron chi connectivity index (χ4n) is 1.42. The maximum Gasteiger partial charge on any atom is 0.143 e. The van der Waals surface area contributed by atoms with Gasteiger partial charge in [-0.2, -0.15) is 0 Å². The second-order valence-corrected chi connectivity index (χ2v) is 4.60. The van der Waals surface area contributed by atoms with E-state index in [4.69, 9.17) is 38.8 Å². The van der Waals surface area contributed by atoms with Crippen molar-refractivity contribution in [3.63, 3.8) is 0 Å². The largest absolute Gasteiger partial charge is 0.491 e. The number of hydrogen-bond acceptors (Lipinski definition) is 3. The number of aliphatic hydroxyl groups excluding tert-OH is 1. The highest BCUT2D eigenvalue weighted by atomic mass is 35.5. The fraction of sp³-hybridized carbons (Fsp3) is 0.500. The molecule has 0 saturated carbocycles. The van der Waals surface area contributed by atoms with Crippen LogP contribution in [0.5, 0.6) is 5.75 Å². The molecular formula is C12H17Cl2NO2. The van der Waals surface area contributed by atoms with Crippen molar-refractivity contribution >= 4 is 28.9 Å². The molecule has 0 aliphatic carbocycles. The van der Waals surface area contributed by atoms with Gasteiger partial charge in [0.05, 0.1) is 22.3 Å². The Kier molecular flexibility index (Phi) is 6.48. The average molecular weight is 278 g/mol. The maximum absolute atomic E-state index is 8.62. The van der Waals surface area contributed by atoms with Crippen LogP contribution in [0.25, 0.3) is 0 Å². The summed E-state index contributed by atoms with van der Waals surface area (Å²) >= 11 is 11.7. The van der Waals surface area contributed by atoms with E-state index in [1.165, 1.54) is 0 Å². The van der Waals surface area contributed by atoms with Crippen LogP contribution in [0.1, 0.15) is 25.7 Å². The molecule has 3 nitrogen and oxygen atoms in total. The van der Waals surface area contributed by atoms with E-state index in [-0.39, 0.29) is 6.61 Å². The minimum Gasteiger partial charge on any atom is -0.491 e. The predicted molar refractivity (Wildman–Crippen MR) is 71.9 cm³/mol. The summed E-state index contributed by atoms with van der Waals surface area (Å²) in [5.41, 5.74) is 6.25. The molecule has 0 aliphatic rings. The second kappa shape index (κ2) is 7.64. The molecule has 96 valence electrons. The predicted octanol–water partition coefficient (Wildman–Crippen LogP) is 3.51. The van der Waals surface area contributed by atoms with E-state index in [0.29, 0.717) is 28.1 Å². The molecule has 0 spiro atoms. The second-order valence-electron chi connectivity index (χ2n) is 3.79. The summed E-state index contributed by atoms with van der Waals surface area (Å²) in [6.45, 7) is 0.841. The number of nitrogen functional groups attached to an aromatic ring is 1. The Bertz CT molecular complexity index is 359. The minimum absolute atomic E-state index is 0.251. The van der Waals surface area contributed by atoms with Crippen LogP contribution in [-0.4, -0.2) is 18.3 Å². The number of unbranched alkanes of at least 4 members (excludes halogenated alkanes) is 3. The molecule has 0 fully saturated rings. The summed E-state index contributed by atoms with van der Waals surface area (Å²) in [5.74, 6) is 0.571. The lowest BCUT2D eigenvalue weighted by molar-refractivity contribution is 0.274. The zero-order chi connectivity index (χ0) is 12.7. The standard InChI is InChI=1S/C12H17Cl2NO2/c13-9-7-11(15)12(8-10(9)14)17-6-4-2-1-3-5-16/h7-8,16H,1-6,15H2.